The van der Waals surface area contributed by atoms with Gasteiger partial charge in [-0.1, -0.05) is 23.7 Å². The summed E-state index contributed by atoms with van der Waals surface area (Å²) in [6.07, 6.45) is 4.03. The Bertz CT molecular complexity index is 951. The first-order chi connectivity index (χ1) is 12.7. The van der Waals surface area contributed by atoms with E-state index >= 15 is 0 Å². The predicted octanol–water partition coefficient (Wildman–Crippen LogP) is 4.26. The maximum atomic E-state index is 11.8. The fraction of sp³-hybridized carbons (Fsp3) is 0.286. The van der Waals surface area contributed by atoms with Crippen molar-refractivity contribution in [1.29, 1.82) is 0 Å². The lowest BCUT2D eigenvalue weighted by molar-refractivity contribution is 0.208. The quantitative estimate of drug-likeness (QED) is 0.724. The van der Waals surface area contributed by atoms with Crippen molar-refractivity contribution in [2.24, 2.45) is 0 Å². The summed E-state index contributed by atoms with van der Waals surface area (Å²) in [6, 6.07) is 16.4. The number of anilines is 1. The Kier molecular flexibility index (Phi) is 4.96. The molecule has 0 radical (unpaired) electrons. The van der Waals surface area contributed by atoms with Gasteiger partial charge in [-0.05, 0) is 66.7 Å². The highest BCUT2D eigenvalue weighted by Gasteiger charge is 2.20. The largest absolute Gasteiger partial charge is 0.381 e. The molecule has 2 N–H and O–H groups in total. The van der Waals surface area contributed by atoms with Gasteiger partial charge in [0.15, 0.2) is 0 Å². The number of rotatable bonds is 4. The van der Waals surface area contributed by atoms with Crippen LogP contribution in [-0.2, 0) is 6.54 Å². The van der Waals surface area contributed by atoms with E-state index in [1.807, 2.05) is 30.3 Å². The number of H-pyrrole nitrogens is 1. The van der Waals surface area contributed by atoms with E-state index < -0.39 is 0 Å². The molecule has 0 amide bonds. The summed E-state index contributed by atoms with van der Waals surface area (Å²) in [5.41, 5.74) is 2.32. The highest BCUT2D eigenvalue weighted by atomic mass is 35.5. The summed E-state index contributed by atoms with van der Waals surface area (Å²) in [7, 11) is 0. The van der Waals surface area contributed by atoms with Crippen LogP contribution in [0.1, 0.15) is 18.4 Å². The van der Waals surface area contributed by atoms with Crippen molar-refractivity contribution in [3.63, 3.8) is 0 Å². The standard InChI is InChI=1S/C21H22ClN3O/c22-17-5-3-15(4-6-17)13-25-11-1-2-19(14-25)24-18-7-8-20-16(12-18)9-10-23-21(20)26/h3-10,12,19,24H,1-2,11,13-14H2,(H,23,26)/t19-/m1/s1. The van der Waals surface area contributed by atoms with E-state index in [9.17, 15) is 4.79 Å². The number of benzene rings is 2. The van der Waals surface area contributed by atoms with Crippen LogP contribution in [0.2, 0.25) is 5.02 Å². The van der Waals surface area contributed by atoms with Gasteiger partial charge in [-0.25, -0.2) is 0 Å². The fourth-order valence-corrected chi connectivity index (χ4v) is 3.81. The van der Waals surface area contributed by atoms with E-state index in [0.717, 1.165) is 47.5 Å². The second-order valence-corrected chi connectivity index (χ2v) is 7.39. The Balaban J connectivity index is 1.43. The summed E-state index contributed by atoms with van der Waals surface area (Å²) >= 11 is 5.97. The number of aromatic amines is 1. The third-order valence-electron chi connectivity index (χ3n) is 4.97. The SMILES string of the molecule is O=c1[nH]ccc2cc(N[C@@H]3CCCN(Cc4ccc(Cl)cc4)C3)ccc12. The summed E-state index contributed by atoms with van der Waals surface area (Å²) in [6.45, 7) is 3.08. The van der Waals surface area contributed by atoms with Crippen LogP contribution in [0.5, 0.6) is 0 Å². The maximum absolute atomic E-state index is 11.8. The molecule has 134 valence electrons. The van der Waals surface area contributed by atoms with E-state index in [1.54, 1.807) is 6.20 Å². The van der Waals surface area contributed by atoms with Gasteiger partial charge in [-0.2, -0.15) is 0 Å². The van der Waals surface area contributed by atoms with E-state index in [2.05, 4.69) is 33.4 Å². The third-order valence-corrected chi connectivity index (χ3v) is 5.22. The van der Waals surface area contributed by atoms with Crippen molar-refractivity contribution in [3.8, 4) is 0 Å². The van der Waals surface area contributed by atoms with Gasteiger partial charge in [0.05, 0.1) is 0 Å². The van der Waals surface area contributed by atoms with Crippen molar-refractivity contribution in [1.82, 2.24) is 9.88 Å². The zero-order valence-electron chi connectivity index (χ0n) is 14.5. The number of nitrogens with zero attached hydrogens (tertiary/aromatic N) is 1. The van der Waals surface area contributed by atoms with Crippen molar-refractivity contribution in [2.45, 2.75) is 25.4 Å². The lowest BCUT2D eigenvalue weighted by Crippen LogP contribution is -2.41. The number of piperidine rings is 1. The smallest absolute Gasteiger partial charge is 0.255 e. The van der Waals surface area contributed by atoms with E-state index in [1.165, 1.54) is 12.0 Å². The predicted molar refractivity (Wildman–Crippen MR) is 108 cm³/mol. The lowest BCUT2D eigenvalue weighted by atomic mass is 10.0. The molecule has 1 aliphatic rings. The van der Waals surface area contributed by atoms with Gasteiger partial charge in [-0.3, -0.25) is 9.69 Å². The minimum atomic E-state index is -0.0409. The van der Waals surface area contributed by atoms with Gasteiger partial charge in [0.2, 0.25) is 0 Å². The van der Waals surface area contributed by atoms with Gasteiger partial charge in [0.25, 0.3) is 5.56 Å². The normalized spacial score (nSPS) is 18.1. The van der Waals surface area contributed by atoms with Crippen LogP contribution in [0.3, 0.4) is 0 Å². The molecule has 0 unspecified atom stereocenters. The average Bonchev–Trinajstić information content (AvgIpc) is 2.64. The molecule has 0 spiro atoms. The molecular formula is C21H22ClN3O. The second kappa shape index (κ2) is 7.52. The first-order valence-corrected chi connectivity index (χ1v) is 9.40. The maximum Gasteiger partial charge on any atom is 0.255 e. The molecule has 0 bridgehead atoms. The molecule has 4 rings (SSSR count). The van der Waals surface area contributed by atoms with Crippen molar-refractivity contribution in [2.75, 3.05) is 18.4 Å². The lowest BCUT2D eigenvalue weighted by Gasteiger charge is -2.33. The Morgan fingerprint density at radius 2 is 2.00 bits per heavy atom. The highest BCUT2D eigenvalue weighted by Crippen LogP contribution is 2.21. The first kappa shape index (κ1) is 17.1. The molecule has 26 heavy (non-hydrogen) atoms. The Labute approximate surface area is 157 Å². The molecule has 2 aromatic carbocycles. The van der Waals surface area contributed by atoms with Gasteiger partial charge < -0.3 is 10.3 Å². The number of aromatic nitrogens is 1. The molecule has 1 aromatic heterocycles. The number of fused-ring (bicyclic) bond motifs is 1. The van der Waals surface area contributed by atoms with E-state index in [0.29, 0.717) is 6.04 Å². The zero-order chi connectivity index (χ0) is 17.9. The number of hydrogen-bond donors (Lipinski definition) is 2. The Morgan fingerprint density at radius 1 is 1.15 bits per heavy atom. The van der Waals surface area contributed by atoms with Crippen molar-refractivity contribution in [3.05, 3.63) is 75.7 Å². The van der Waals surface area contributed by atoms with E-state index in [-0.39, 0.29) is 5.56 Å². The summed E-state index contributed by atoms with van der Waals surface area (Å²) in [5.74, 6) is 0. The molecule has 1 atom stereocenters. The average molecular weight is 368 g/mol. The molecule has 2 heterocycles. The molecule has 0 saturated carbocycles. The third kappa shape index (κ3) is 3.92. The molecule has 1 aliphatic heterocycles. The number of pyridine rings is 1. The first-order valence-electron chi connectivity index (χ1n) is 9.02. The van der Waals surface area contributed by atoms with Crippen molar-refractivity contribution < 1.29 is 0 Å². The van der Waals surface area contributed by atoms with Crippen LogP contribution in [0.15, 0.2) is 59.5 Å². The molecule has 3 aromatic rings. The molecule has 4 nitrogen and oxygen atoms in total. The van der Waals surface area contributed by atoms with Crippen LogP contribution in [-0.4, -0.2) is 29.0 Å². The van der Waals surface area contributed by atoms with Crippen LogP contribution in [0.25, 0.3) is 10.8 Å². The van der Waals surface area contributed by atoms with Gasteiger partial charge >= 0.3 is 0 Å². The van der Waals surface area contributed by atoms with E-state index in [4.69, 9.17) is 11.6 Å². The van der Waals surface area contributed by atoms with Crippen LogP contribution >= 0.6 is 11.6 Å². The Hall–Kier alpha value is -2.30. The summed E-state index contributed by atoms with van der Waals surface area (Å²) < 4.78 is 0. The monoisotopic (exact) mass is 367 g/mol. The van der Waals surface area contributed by atoms with Gasteiger partial charge in [-0.15, -0.1) is 0 Å². The number of halogens is 1. The Morgan fingerprint density at radius 3 is 2.85 bits per heavy atom. The topological polar surface area (TPSA) is 48.1 Å². The molecule has 0 aliphatic carbocycles. The van der Waals surface area contributed by atoms with Gasteiger partial charge in [0.1, 0.15) is 0 Å². The van der Waals surface area contributed by atoms with Crippen molar-refractivity contribution >= 4 is 28.1 Å². The molecule has 1 fully saturated rings. The number of likely N-dealkylation sites (tertiary alicyclic amines) is 1. The highest BCUT2D eigenvalue weighted by molar-refractivity contribution is 6.30. The molecule has 5 heteroatoms. The summed E-state index contributed by atoms with van der Waals surface area (Å²) in [4.78, 5) is 17.0. The summed E-state index contributed by atoms with van der Waals surface area (Å²) in [5, 5.41) is 6.12. The van der Waals surface area contributed by atoms with Crippen LogP contribution < -0.4 is 10.9 Å². The number of nitrogens with one attached hydrogen (secondary N) is 2. The number of hydrogen-bond acceptors (Lipinski definition) is 3. The molecular weight excluding hydrogens is 346 g/mol. The fourth-order valence-electron chi connectivity index (χ4n) is 3.68. The van der Waals surface area contributed by atoms with Crippen LogP contribution in [0.4, 0.5) is 5.69 Å². The minimum Gasteiger partial charge on any atom is -0.381 e. The zero-order valence-corrected chi connectivity index (χ0v) is 15.3. The second-order valence-electron chi connectivity index (χ2n) is 6.95. The molecule has 1 saturated heterocycles. The minimum absolute atomic E-state index is 0.0409. The van der Waals surface area contributed by atoms with Gasteiger partial charge in [0, 0.05) is 41.4 Å². The van der Waals surface area contributed by atoms with Crippen LogP contribution in [0, 0.1) is 0 Å².